The number of pyridine rings is 1. The summed E-state index contributed by atoms with van der Waals surface area (Å²) in [5, 5.41) is 15.0. The van der Waals surface area contributed by atoms with E-state index in [4.69, 9.17) is 23.2 Å². The van der Waals surface area contributed by atoms with Gasteiger partial charge in [0.25, 0.3) is 0 Å². The normalized spacial score (nSPS) is 21.0. The molecule has 2 saturated carbocycles. The fraction of sp³-hybridized carbons (Fsp3) is 0.385. The van der Waals surface area contributed by atoms with Crippen LogP contribution in [0.1, 0.15) is 55.8 Å². The number of Topliss-reactive ketones (excluding diaryl/α,β-unsaturated/α-hetero) is 1. The summed E-state index contributed by atoms with van der Waals surface area (Å²) >= 11 is 12.3. The molecule has 5 rings (SSSR count). The lowest BCUT2D eigenvalue weighted by molar-refractivity contribution is 0.0968. The molecule has 0 spiro atoms. The quantitative estimate of drug-likeness (QED) is 0.380. The number of hydrogen-bond donors (Lipinski definition) is 2. The molecule has 2 aromatic carbocycles. The summed E-state index contributed by atoms with van der Waals surface area (Å²) in [6.07, 6.45) is 8.26. The Morgan fingerprint density at radius 3 is 2.34 bits per heavy atom. The molecule has 0 atom stereocenters. The Morgan fingerprint density at radius 2 is 1.69 bits per heavy atom. The minimum Gasteiger partial charge on any atom is -0.505 e. The number of halogens is 2. The van der Waals surface area contributed by atoms with Crippen LogP contribution in [0.25, 0.3) is 22.0 Å². The minimum absolute atomic E-state index is 0.120. The Balaban J connectivity index is 1.62. The SMILES string of the molecule is CC1CCC(Nc2c(C(=O)C3CC3)cnc3ccc(-c4cc(Cl)c(O)c(Cl)c4)cc23)CC1. The van der Waals surface area contributed by atoms with E-state index in [-0.39, 0.29) is 27.5 Å². The standard InChI is InChI=1S/C26H26Cl2N2O2/c1-14-2-7-18(8-3-14)30-24-19-10-16(17-11-21(27)26(32)22(28)12-17)6-9-23(19)29-13-20(24)25(31)15-4-5-15/h6,9-15,18,32H,2-5,7-8H2,1H3,(H,29,30). The number of rotatable bonds is 5. The van der Waals surface area contributed by atoms with Gasteiger partial charge >= 0.3 is 0 Å². The first kappa shape index (κ1) is 21.5. The fourth-order valence-corrected chi connectivity index (χ4v) is 5.11. The average Bonchev–Trinajstić information content (AvgIpc) is 3.63. The number of phenolic OH excluding ortho intramolecular Hbond substituents is 1. The number of ketones is 1. The number of phenols is 1. The third-order valence-corrected chi connectivity index (χ3v) is 7.37. The third-order valence-electron chi connectivity index (χ3n) is 6.80. The van der Waals surface area contributed by atoms with E-state index in [9.17, 15) is 9.90 Å². The van der Waals surface area contributed by atoms with Gasteiger partial charge in [-0.1, -0.05) is 36.2 Å². The highest BCUT2D eigenvalue weighted by molar-refractivity contribution is 6.37. The molecule has 1 heterocycles. The summed E-state index contributed by atoms with van der Waals surface area (Å²) in [7, 11) is 0. The van der Waals surface area contributed by atoms with Gasteiger partial charge in [-0.25, -0.2) is 0 Å². The molecule has 32 heavy (non-hydrogen) atoms. The summed E-state index contributed by atoms with van der Waals surface area (Å²) in [5.41, 5.74) is 4.13. The number of aromatic hydroxyl groups is 1. The van der Waals surface area contributed by atoms with E-state index < -0.39 is 0 Å². The van der Waals surface area contributed by atoms with Crippen molar-refractivity contribution in [1.29, 1.82) is 0 Å². The van der Waals surface area contributed by atoms with Crippen molar-refractivity contribution in [3.63, 3.8) is 0 Å². The second-order valence-electron chi connectivity index (χ2n) is 9.31. The average molecular weight is 469 g/mol. The van der Waals surface area contributed by atoms with Crippen LogP contribution in [-0.4, -0.2) is 21.9 Å². The van der Waals surface area contributed by atoms with Crippen LogP contribution in [0.3, 0.4) is 0 Å². The lowest BCUT2D eigenvalue weighted by Gasteiger charge is -2.29. The Morgan fingerprint density at radius 1 is 1.00 bits per heavy atom. The zero-order valence-electron chi connectivity index (χ0n) is 18.0. The van der Waals surface area contributed by atoms with Gasteiger partial charge in [-0.05, 0) is 79.8 Å². The molecule has 0 radical (unpaired) electrons. The van der Waals surface area contributed by atoms with E-state index in [1.165, 1.54) is 12.8 Å². The van der Waals surface area contributed by atoms with Crippen molar-refractivity contribution in [1.82, 2.24) is 4.98 Å². The summed E-state index contributed by atoms with van der Waals surface area (Å²) in [4.78, 5) is 17.7. The Bertz CT molecular complexity index is 1170. The van der Waals surface area contributed by atoms with Crippen LogP contribution in [-0.2, 0) is 0 Å². The van der Waals surface area contributed by atoms with Crippen molar-refractivity contribution in [3.8, 4) is 16.9 Å². The number of fused-ring (bicyclic) bond motifs is 1. The van der Waals surface area contributed by atoms with E-state index >= 15 is 0 Å². The molecule has 0 bridgehead atoms. The van der Waals surface area contributed by atoms with E-state index in [0.717, 1.165) is 59.3 Å². The highest BCUT2D eigenvalue weighted by Crippen LogP contribution is 2.40. The van der Waals surface area contributed by atoms with Crippen molar-refractivity contribution in [2.45, 2.75) is 51.5 Å². The molecule has 4 nitrogen and oxygen atoms in total. The number of anilines is 1. The Labute approximate surface area is 198 Å². The zero-order valence-corrected chi connectivity index (χ0v) is 19.5. The first-order chi connectivity index (χ1) is 15.4. The maximum Gasteiger partial charge on any atom is 0.169 e. The van der Waals surface area contributed by atoms with Gasteiger partial charge < -0.3 is 10.4 Å². The first-order valence-corrected chi connectivity index (χ1v) is 12.1. The summed E-state index contributed by atoms with van der Waals surface area (Å²) in [6.45, 7) is 2.31. The van der Waals surface area contributed by atoms with Gasteiger partial charge in [0, 0.05) is 23.5 Å². The van der Waals surface area contributed by atoms with Gasteiger partial charge in [0.2, 0.25) is 0 Å². The van der Waals surface area contributed by atoms with Crippen molar-refractivity contribution in [3.05, 3.63) is 52.1 Å². The fourth-order valence-electron chi connectivity index (χ4n) is 4.62. The number of nitrogens with one attached hydrogen (secondary N) is 1. The second kappa shape index (κ2) is 8.57. The maximum atomic E-state index is 13.1. The van der Waals surface area contributed by atoms with Gasteiger partial charge in [0.15, 0.2) is 11.5 Å². The van der Waals surface area contributed by atoms with Crippen LogP contribution >= 0.6 is 23.2 Å². The predicted octanol–water partition coefficient (Wildman–Crippen LogP) is 7.50. The lowest BCUT2D eigenvalue weighted by atomic mass is 9.87. The number of carbonyl (C=O) groups is 1. The second-order valence-corrected chi connectivity index (χ2v) is 10.1. The number of benzene rings is 2. The molecule has 2 fully saturated rings. The zero-order chi connectivity index (χ0) is 22.4. The molecule has 1 aromatic heterocycles. The molecule has 0 saturated heterocycles. The summed E-state index contributed by atoms with van der Waals surface area (Å²) < 4.78 is 0. The molecule has 2 N–H and O–H groups in total. The van der Waals surface area contributed by atoms with Gasteiger partial charge in [-0.15, -0.1) is 0 Å². The molecule has 2 aliphatic carbocycles. The molecule has 3 aromatic rings. The van der Waals surface area contributed by atoms with Crippen LogP contribution in [0.4, 0.5) is 5.69 Å². The molecule has 166 valence electrons. The van der Waals surface area contributed by atoms with E-state index in [0.29, 0.717) is 11.6 Å². The van der Waals surface area contributed by atoms with Crippen LogP contribution in [0.2, 0.25) is 10.0 Å². The molecular formula is C26H26Cl2N2O2. The minimum atomic E-state index is -0.120. The van der Waals surface area contributed by atoms with Crippen molar-refractivity contribution in [2.24, 2.45) is 11.8 Å². The van der Waals surface area contributed by atoms with Crippen molar-refractivity contribution >= 4 is 45.6 Å². The molecule has 2 aliphatic rings. The lowest BCUT2D eigenvalue weighted by Crippen LogP contribution is -2.26. The van der Waals surface area contributed by atoms with Crippen molar-refractivity contribution in [2.75, 3.05) is 5.32 Å². The van der Waals surface area contributed by atoms with Crippen molar-refractivity contribution < 1.29 is 9.90 Å². The summed E-state index contributed by atoms with van der Waals surface area (Å²) in [5.74, 6) is 0.947. The van der Waals surface area contributed by atoms with Gasteiger partial charge in [0.1, 0.15) is 0 Å². The van der Waals surface area contributed by atoms with Gasteiger partial charge in [-0.3, -0.25) is 9.78 Å². The van der Waals surface area contributed by atoms with E-state index in [2.05, 4.69) is 17.2 Å². The maximum absolute atomic E-state index is 13.1. The monoisotopic (exact) mass is 468 g/mol. The van der Waals surface area contributed by atoms with Gasteiger partial charge in [0.05, 0.1) is 26.8 Å². The van der Waals surface area contributed by atoms with Crippen LogP contribution in [0, 0.1) is 11.8 Å². The van der Waals surface area contributed by atoms with Gasteiger partial charge in [-0.2, -0.15) is 0 Å². The Kier molecular flexibility index (Phi) is 5.77. The highest BCUT2D eigenvalue weighted by Gasteiger charge is 2.33. The predicted molar refractivity (Wildman–Crippen MR) is 131 cm³/mol. The van der Waals surface area contributed by atoms with E-state index in [1.807, 2.05) is 18.2 Å². The van der Waals surface area contributed by atoms with E-state index in [1.54, 1.807) is 18.3 Å². The number of nitrogens with zero attached hydrogens (tertiary/aromatic N) is 1. The molecule has 0 aliphatic heterocycles. The number of carbonyl (C=O) groups excluding carboxylic acids is 1. The molecular weight excluding hydrogens is 443 g/mol. The molecule has 0 unspecified atom stereocenters. The number of hydrogen-bond acceptors (Lipinski definition) is 4. The third kappa shape index (κ3) is 4.18. The van der Waals surface area contributed by atoms with Crippen LogP contribution in [0.5, 0.6) is 5.75 Å². The Hall–Kier alpha value is -2.30. The molecule has 0 amide bonds. The smallest absolute Gasteiger partial charge is 0.169 e. The highest BCUT2D eigenvalue weighted by atomic mass is 35.5. The largest absolute Gasteiger partial charge is 0.505 e. The molecule has 6 heteroatoms. The summed E-state index contributed by atoms with van der Waals surface area (Å²) in [6, 6.07) is 9.71. The topological polar surface area (TPSA) is 62.2 Å². The number of aromatic nitrogens is 1. The first-order valence-electron chi connectivity index (χ1n) is 11.3. The van der Waals surface area contributed by atoms with Crippen LogP contribution in [0.15, 0.2) is 36.5 Å². The van der Waals surface area contributed by atoms with Crippen LogP contribution < -0.4 is 5.32 Å².